The van der Waals surface area contributed by atoms with Gasteiger partial charge in [-0.25, -0.2) is 4.39 Å². The molecule has 88 valence electrons. The highest BCUT2D eigenvalue weighted by molar-refractivity contribution is 5.19. The van der Waals surface area contributed by atoms with Crippen molar-refractivity contribution in [1.29, 1.82) is 0 Å². The molecule has 2 nitrogen and oxygen atoms in total. The molecule has 0 fully saturated rings. The summed E-state index contributed by atoms with van der Waals surface area (Å²) in [7, 11) is 0. The topological polar surface area (TPSA) is 38.9 Å². The van der Waals surface area contributed by atoms with Crippen molar-refractivity contribution < 1.29 is 4.39 Å². The zero-order chi connectivity index (χ0) is 12.1. The summed E-state index contributed by atoms with van der Waals surface area (Å²) in [6.45, 7) is 0. The smallest absolute Gasteiger partial charge is 0.141 e. The SMILES string of the molecule is NC(CCc1cncc(F)c1)c1ccccc1. The quantitative estimate of drug-likeness (QED) is 0.877. The third-order valence-electron chi connectivity index (χ3n) is 2.73. The van der Waals surface area contributed by atoms with E-state index in [2.05, 4.69) is 4.98 Å². The van der Waals surface area contributed by atoms with Gasteiger partial charge >= 0.3 is 0 Å². The number of nitrogens with zero attached hydrogens (tertiary/aromatic N) is 1. The summed E-state index contributed by atoms with van der Waals surface area (Å²) in [5, 5.41) is 0. The Morgan fingerprint density at radius 3 is 2.65 bits per heavy atom. The van der Waals surface area contributed by atoms with E-state index in [4.69, 9.17) is 5.73 Å². The van der Waals surface area contributed by atoms with Gasteiger partial charge in [-0.1, -0.05) is 30.3 Å². The molecule has 0 saturated heterocycles. The van der Waals surface area contributed by atoms with E-state index in [-0.39, 0.29) is 11.9 Å². The molecule has 0 aliphatic heterocycles. The highest BCUT2D eigenvalue weighted by Crippen LogP contribution is 2.16. The molecule has 0 aliphatic carbocycles. The number of rotatable bonds is 4. The van der Waals surface area contributed by atoms with Crippen molar-refractivity contribution >= 4 is 0 Å². The zero-order valence-corrected chi connectivity index (χ0v) is 9.51. The van der Waals surface area contributed by atoms with Crippen molar-refractivity contribution in [3.05, 3.63) is 65.7 Å². The predicted octanol–water partition coefficient (Wildman–Crippen LogP) is 2.85. The van der Waals surface area contributed by atoms with E-state index >= 15 is 0 Å². The average molecular weight is 230 g/mol. The van der Waals surface area contributed by atoms with Gasteiger partial charge in [0.15, 0.2) is 0 Å². The summed E-state index contributed by atoms with van der Waals surface area (Å²) in [6.07, 6.45) is 4.41. The van der Waals surface area contributed by atoms with Gasteiger partial charge in [-0.2, -0.15) is 0 Å². The molecule has 0 saturated carbocycles. The Balaban J connectivity index is 1.95. The summed E-state index contributed by atoms with van der Waals surface area (Å²) in [5.41, 5.74) is 8.06. The van der Waals surface area contributed by atoms with E-state index in [1.54, 1.807) is 6.20 Å². The molecule has 3 heteroatoms. The molecule has 1 aromatic carbocycles. The summed E-state index contributed by atoms with van der Waals surface area (Å²) >= 11 is 0. The highest BCUT2D eigenvalue weighted by atomic mass is 19.1. The molecule has 0 bridgehead atoms. The Morgan fingerprint density at radius 1 is 1.18 bits per heavy atom. The van der Waals surface area contributed by atoms with E-state index in [1.807, 2.05) is 30.3 Å². The Hall–Kier alpha value is -1.74. The summed E-state index contributed by atoms with van der Waals surface area (Å²) < 4.78 is 12.9. The first-order valence-corrected chi connectivity index (χ1v) is 5.65. The summed E-state index contributed by atoms with van der Waals surface area (Å²) in [4.78, 5) is 3.82. The molecule has 0 spiro atoms. The van der Waals surface area contributed by atoms with Crippen LogP contribution in [0.15, 0.2) is 48.8 Å². The number of aryl methyl sites for hydroxylation is 1. The third kappa shape index (κ3) is 3.36. The van der Waals surface area contributed by atoms with E-state index in [0.29, 0.717) is 0 Å². The van der Waals surface area contributed by atoms with Crippen molar-refractivity contribution in [3.8, 4) is 0 Å². The average Bonchev–Trinajstić information content (AvgIpc) is 2.37. The van der Waals surface area contributed by atoms with Crippen LogP contribution >= 0.6 is 0 Å². The molecule has 0 aliphatic rings. The molecule has 1 heterocycles. The maximum Gasteiger partial charge on any atom is 0.141 e. The molecule has 1 unspecified atom stereocenters. The van der Waals surface area contributed by atoms with Crippen molar-refractivity contribution in [2.45, 2.75) is 18.9 Å². The standard InChI is InChI=1S/C14H15FN2/c15-13-8-11(9-17-10-13)6-7-14(16)12-4-2-1-3-5-12/h1-5,8-10,14H,6-7,16H2. The summed E-state index contributed by atoms with van der Waals surface area (Å²) in [6, 6.07) is 11.4. The van der Waals surface area contributed by atoms with Crippen molar-refractivity contribution in [1.82, 2.24) is 4.98 Å². The Morgan fingerprint density at radius 2 is 1.94 bits per heavy atom. The van der Waals surface area contributed by atoms with Crippen LogP contribution in [0, 0.1) is 5.82 Å². The lowest BCUT2D eigenvalue weighted by Gasteiger charge is -2.11. The first kappa shape index (κ1) is 11.7. The fraction of sp³-hybridized carbons (Fsp3) is 0.214. The third-order valence-corrected chi connectivity index (χ3v) is 2.73. The lowest BCUT2D eigenvalue weighted by atomic mass is 10.0. The minimum absolute atomic E-state index is 0.0144. The fourth-order valence-electron chi connectivity index (χ4n) is 1.78. The molecule has 1 atom stereocenters. The molecule has 0 radical (unpaired) electrons. The Kier molecular flexibility index (Phi) is 3.83. The van der Waals surface area contributed by atoms with Gasteiger partial charge in [0, 0.05) is 12.2 Å². The number of halogens is 1. The zero-order valence-electron chi connectivity index (χ0n) is 9.51. The number of benzene rings is 1. The first-order valence-electron chi connectivity index (χ1n) is 5.65. The molecule has 2 N–H and O–H groups in total. The van der Waals surface area contributed by atoms with Crippen molar-refractivity contribution in [2.75, 3.05) is 0 Å². The van der Waals surface area contributed by atoms with E-state index < -0.39 is 0 Å². The molecule has 17 heavy (non-hydrogen) atoms. The largest absolute Gasteiger partial charge is 0.324 e. The first-order chi connectivity index (χ1) is 8.25. The lowest BCUT2D eigenvalue weighted by molar-refractivity contribution is 0.610. The molecular formula is C14H15FN2. The monoisotopic (exact) mass is 230 g/mol. The predicted molar refractivity (Wildman–Crippen MR) is 65.9 cm³/mol. The molecule has 2 rings (SSSR count). The van der Waals surface area contributed by atoms with Gasteiger partial charge in [-0.15, -0.1) is 0 Å². The van der Waals surface area contributed by atoms with Gasteiger partial charge in [0.25, 0.3) is 0 Å². The normalized spacial score (nSPS) is 12.4. The minimum Gasteiger partial charge on any atom is -0.324 e. The van der Waals surface area contributed by atoms with Gasteiger partial charge in [0.2, 0.25) is 0 Å². The van der Waals surface area contributed by atoms with Crippen LogP contribution < -0.4 is 5.73 Å². The fourth-order valence-corrected chi connectivity index (χ4v) is 1.78. The number of aromatic nitrogens is 1. The maximum atomic E-state index is 12.9. The number of hydrogen-bond donors (Lipinski definition) is 1. The van der Waals surface area contributed by atoms with Crippen LogP contribution in [0.25, 0.3) is 0 Å². The van der Waals surface area contributed by atoms with Crippen molar-refractivity contribution in [3.63, 3.8) is 0 Å². The van der Waals surface area contributed by atoms with Gasteiger partial charge in [0.1, 0.15) is 5.82 Å². The van der Waals surface area contributed by atoms with Crippen LogP contribution in [0.5, 0.6) is 0 Å². The maximum absolute atomic E-state index is 12.9. The number of pyridine rings is 1. The van der Waals surface area contributed by atoms with Crippen LogP contribution in [0.1, 0.15) is 23.6 Å². The minimum atomic E-state index is -0.296. The Bertz CT molecular complexity index is 471. The van der Waals surface area contributed by atoms with E-state index in [9.17, 15) is 4.39 Å². The lowest BCUT2D eigenvalue weighted by Crippen LogP contribution is -2.11. The second-order valence-corrected chi connectivity index (χ2v) is 4.07. The van der Waals surface area contributed by atoms with E-state index in [1.165, 1.54) is 12.3 Å². The van der Waals surface area contributed by atoms with E-state index in [0.717, 1.165) is 24.0 Å². The second-order valence-electron chi connectivity index (χ2n) is 4.07. The molecule has 1 aromatic heterocycles. The number of nitrogens with two attached hydrogens (primary N) is 1. The van der Waals surface area contributed by atoms with Crippen LogP contribution in [0.4, 0.5) is 4.39 Å². The number of hydrogen-bond acceptors (Lipinski definition) is 2. The van der Waals surface area contributed by atoms with Crippen LogP contribution in [0.3, 0.4) is 0 Å². The van der Waals surface area contributed by atoms with Crippen LogP contribution in [-0.2, 0) is 6.42 Å². The van der Waals surface area contributed by atoms with Crippen molar-refractivity contribution in [2.24, 2.45) is 5.73 Å². The van der Waals surface area contributed by atoms with Crippen LogP contribution in [0.2, 0.25) is 0 Å². The van der Waals surface area contributed by atoms with Gasteiger partial charge in [-0.3, -0.25) is 4.98 Å². The van der Waals surface area contributed by atoms with Crippen LogP contribution in [-0.4, -0.2) is 4.98 Å². The molecular weight excluding hydrogens is 215 g/mol. The Labute approximate surface area is 100 Å². The molecule has 2 aromatic rings. The summed E-state index contributed by atoms with van der Waals surface area (Å²) in [5.74, 6) is -0.296. The van der Waals surface area contributed by atoms with Gasteiger partial charge in [-0.05, 0) is 30.0 Å². The molecule has 0 amide bonds. The van der Waals surface area contributed by atoms with Gasteiger partial charge < -0.3 is 5.73 Å². The highest BCUT2D eigenvalue weighted by Gasteiger charge is 2.06. The second kappa shape index (κ2) is 5.55. The van der Waals surface area contributed by atoms with Gasteiger partial charge in [0.05, 0.1) is 6.20 Å².